The van der Waals surface area contributed by atoms with Crippen molar-refractivity contribution in [1.82, 2.24) is 10.2 Å². The standard InChI is InChI=1S/C15H32N2/c1-5-16-15(13(3)4)12-17(6-2)14-10-8-7-9-11-14/h13-16H,5-12H2,1-4H3. The zero-order valence-corrected chi connectivity index (χ0v) is 12.3. The molecule has 1 saturated carbocycles. The van der Waals surface area contributed by atoms with Crippen LogP contribution in [0.15, 0.2) is 0 Å². The van der Waals surface area contributed by atoms with Crippen LogP contribution in [-0.4, -0.2) is 36.6 Å². The van der Waals surface area contributed by atoms with E-state index in [1.165, 1.54) is 45.2 Å². The third-order valence-electron chi connectivity index (χ3n) is 4.20. The molecule has 0 saturated heterocycles. The van der Waals surface area contributed by atoms with Gasteiger partial charge in [-0.15, -0.1) is 0 Å². The summed E-state index contributed by atoms with van der Waals surface area (Å²) in [6.07, 6.45) is 7.17. The molecule has 17 heavy (non-hydrogen) atoms. The summed E-state index contributed by atoms with van der Waals surface area (Å²) in [5.41, 5.74) is 0. The summed E-state index contributed by atoms with van der Waals surface area (Å²) in [5.74, 6) is 0.729. The lowest BCUT2D eigenvalue weighted by molar-refractivity contribution is 0.137. The topological polar surface area (TPSA) is 15.3 Å². The van der Waals surface area contributed by atoms with Crippen LogP contribution in [-0.2, 0) is 0 Å². The minimum absolute atomic E-state index is 0.655. The molecule has 0 spiro atoms. The molecule has 0 aromatic heterocycles. The van der Waals surface area contributed by atoms with Gasteiger partial charge in [-0.05, 0) is 31.8 Å². The molecular formula is C15H32N2. The highest BCUT2D eigenvalue weighted by Gasteiger charge is 2.23. The van der Waals surface area contributed by atoms with E-state index in [0.29, 0.717) is 6.04 Å². The van der Waals surface area contributed by atoms with Crippen molar-refractivity contribution in [3.8, 4) is 0 Å². The van der Waals surface area contributed by atoms with Crippen molar-refractivity contribution in [2.45, 2.75) is 71.9 Å². The Labute approximate surface area is 108 Å². The molecule has 2 heteroatoms. The van der Waals surface area contributed by atoms with E-state index in [1.54, 1.807) is 0 Å². The monoisotopic (exact) mass is 240 g/mol. The van der Waals surface area contributed by atoms with Crippen LogP contribution in [0.5, 0.6) is 0 Å². The number of nitrogens with zero attached hydrogens (tertiary/aromatic N) is 1. The summed E-state index contributed by atoms with van der Waals surface area (Å²) in [6, 6.07) is 1.51. The van der Waals surface area contributed by atoms with Crippen molar-refractivity contribution in [3.05, 3.63) is 0 Å². The molecule has 0 radical (unpaired) electrons. The number of likely N-dealkylation sites (N-methyl/N-ethyl adjacent to an activating group) is 2. The Morgan fingerprint density at radius 2 is 1.76 bits per heavy atom. The molecule has 0 aromatic rings. The first-order chi connectivity index (χ1) is 8.19. The second kappa shape index (κ2) is 8.10. The SMILES string of the molecule is CCNC(CN(CC)C1CCCCC1)C(C)C. The lowest BCUT2D eigenvalue weighted by Gasteiger charge is -2.37. The van der Waals surface area contributed by atoms with Crippen LogP contribution in [0.2, 0.25) is 0 Å². The maximum Gasteiger partial charge on any atom is 0.0217 e. The minimum Gasteiger partial charge on any atom is -0.313 e. The summed E-state index contributed by atoms with van der Waals surface area (Å²) in [7, 11) is 0. The smallest absolute Gasteiger partial charge is 0.0217 e. The van der Waals surface area contributed by atoms with E-state index in [0.717, 1.165) is 18.5 Å². The van der Waals surface area contributed by atoms with E-state index in [4.69, 9.17) is 0 Å². The minimum atomic E-state index is 0.655. The number of rotatable bonds is 7. The van der Waals surface area contributed by atoms with Gasteiger partial charge in [0.1, 0.15) is 0 Å². The summed E-state index contributed by atoms with van der Waals surface area (Å²) >= 11 is 0. The molecule has 2 nitrogen and oxygen atoms in total. The Hall–Kier alpha value is -0.0800. The fourth-order valence-corrected chi connectivity index (χ4v) is 3.01. The maximum absolute atomic E-state index is 3.64. The van der Waals surface area contributed by atoms with Crippen LogP contribution < -0.4 is 5.32 Å². The first-order valence-electron chi connectivity index (χ1n) is 7.66. The Kier molecular flexibility index (Phi) is 7.14. The molecule has 1 fully saturated rings. The van der Waals surface area contributed by atoms with Crippen molar-refractivity contribution < 1.29 is 0 Å². The quantitative estimate of drug-likeness (QED) is 0.735. The van der Waals surface area contributed by atoms with Gasteiger partial charge < -0.3 is 5.32 Å². The molecule has 1 unspecified atom stereocenters. The fourth-order valence-electron chi connectivity index (χ4n) is 3.01. The van der Waals surface area contributed by atoms with E-state index >= 15 is 0 Å². The molecule has 1 aliphatic carbocycles. The fraction of sp³-hybridized carbons (Fsp3) is 1.00. The van der Waals surface area contributed by atoms with E-state index in [1.807, 2.05) is 0 Å². The molecule has 1 aliphatic rings. The lowest BCUT2D eigenvalue weighted by Crippen LogP contribution is -2.48. The van der Waals surface area contributed by atoms with Crippen molar-refractivity contribution in [1.29, 1.82) is 0 Å². The van der Waals surface area contributed by atoms with Gasteiger partial charge in [-0.1, -0.05) is 47.0 Å². The second-order valence-electron chi connectivity index (χ2n) is 5.79. The summed E-state index contributed by atoms with van der Waals surface area (Å²) in [5, 5.41) is 3.64. The Bertz CT molecular complexity index is 185. The Morgan fingerprint density at radius 1 is 1.12 bits per heavy atom. The lowest BCUT2D eigenvalue weighted by atomic mass is 9.93. The molecule has 0 aromatic carbocycles. The molecule has 102 valence electrons. The van der Waals surface area contributed by atoms with Gasteiger partial charge in [-0.2, -0.15) is 0 Å². The summed E-state index contributed by atoms with van der Waals surface area (Å²) < 4.78 is 0. The van der Waals surface area contributed by atoms with Crippen LogP contribution in [0.3, 0.4) is 0 Å². The van der Waals surface area contributed by atoms with Crippen LogP contribution in [0.1, 0.15) is 59.8 Å². The van der Waals surface area contributed by atoms with Crippen molar-refractivity contribution >= 4 is 0 Å². The largest absolute Gasteiger partial charge is 0.313 e. The van der Waals surface area contributed by atoms with Gasteiger partial charge in [-0.3, -0.25) is 4.90 Å². The highest BCUT2D eigenvalue weighted by Crippen LogP contribution is 2.23. The molecule has 1 rings (SSSR count). The highest BCUT2D eigenvalue weighted by molar-refractivity contribution is 4.81. The van der Waals surface area contributed by atoms with Gasteiger partial charge in [0.15, 0.2) is 0 Å². The molecule has 0 heterocycles. The number of nitrogens with one attached hydrogen (secondary N) is 1. The average Bonchev–Trinajstić information content (AvgIpc) is 2.35. The van der Waals surface area contributed by atoms with Crippen LogP contribution >= 0.6 is 0 Å². The predicted octanol–water partition coefficient (Wildman–Crippen LogP) is 3.28. The van der Waals surface area contributed by atoms with Gasteiger partial charge in [0.25, 0.3) is 0 Å². The second-order valence-corrected chi connectivity index (χ2v) is 5.79. The van der Waals surface area contributed by atoms with Crippen LogP contribution in [0.25, 0.3) is 0 Å². The molecule has 0 amide bonds. The Morgan fingerprint density at radius 3 is 2.24 bits per heavy atom. The van der Waals surface area contributed by atoms with E-state index in [-0.39, 0.29) is 0 Å². The number of hydrogen-bond acceptors (Lipinski definition) is 2. The first kappa shape index (κ1) is 15.0. The molecular weight excluding hydrogens is 208 g/mol. The van der Waals surface area contributed by atoms with Crippen molar-refractivity contribution in [3.63, 3.8) is 0 Å². The van der Waals surface area contributed by atoms with Gasteiger partial charge in [0.2, 0.25) is 0 Å². The van der Waals surface area contributed by atoms with Gasteiger partial charge in [0.05, 0.1) is 0 Å². The van der Waals surface area contributed by atoms with E-state index < -0.39 is 0 Å². The van der Waals surface area contributed by atoms with Gasteiger partial charge in [0, 0.05) is 18.6 Å². The summed E-state index contributed by atoms with van der Waals surface area (Å²) in [4.78, 5) is 2.71. The predicted molar refractivity (Wildman–Crippen MR) is 76.4 cm³/mol. The Balaban J connectivity index is 2.47. The van der Waals surface area contributed by atoms with Gasteiger partial charge >= 0.3 is 0 Å². The third-order valence-corrected chi connectivity index (χ3v) is 4.20. The van der Waals surface area contributed by atoms with Crippen LogP contribution in [0, 0.1) is 5.92 Å². The van der Waals surface area contributed by atoms with Crippen LogP contribution in [0.4, 0.5) is 0 Å². The first-order valence-corrected chi connectivity index (χ1v) is 7.66. The summed E-state index contributed by atoms with van der Waals surface area (Å²) in [6.45, 7) is 12.7. The molecule has 1 N–H and O–H groups in total. The van der Waals surface area contributed by atoms with E-state index in [2.05, 4.69) is 37.9 Å². The normalized spacial score (nSPS) is 20.1. The van der Waals surface area contributed by atoms with Crippen molar-refractivity contribution in [2.24, 2.45) is 5.92 Å². The maximum atomic E-state index is 3.64. The average molecular weight is 240 g/mol. The van der Waals surface area contributed by atoms with Gasteiger partial charge in [-0.25, -0.2) is 0 Å². The highest BCUT2D eigenvalue weighted by atomic mass is 15.2. The van der Waals surface area contributed by atoms with Crippen molar-refractivity contribution in [2.75, 3.05) is 19.6 Å². The number of hydrogen-bond donors (Lipinski definition) is 1. The molecule has 0 aliphatic heterocycles. The molecule has 1 atom stereocenters. The zero-order valence-electron chi connectivity index (χ0n) is 12.3. The van der Waals surface area contributed by atoms with E-state index in [9.17, 15) is 0 Å². The third kappa shape index (κ3) is 4.97. The zero-order chi connectivity index (χ0) is 12.7. The molecule has 0 bridgehead atoms.